The van der Waals surface area contributed by atoms with E-state index in [0.717, 1.165) is 0 Å². The third kappa shape index (κ3) is 5.58. The van der Waals surface area contributed by atoms with Crippen LogP contribution in [0.15, 0.2) is 29.2 Å². The van der Waals surface area contributed by atoms with Crippen LogP contribution in [-0.4, -0.2) is 22.6 Å². The first-order chi connectivity index (χ1) is 8.39. The van der Waals surface area contributed by atoms with Crippen molar-refractivity contribution in [3.8, 4) is 0 Å². The number of primary sulfonamides is 1. The van der Waals surface area contributed by atoms with Gasteiger partial charge in [-0.3, -0.25) is 4.72 Å². The molecule has 0 amide bonds. The monoisotopic (exact) mass is 306 g/mol. The van der Waals surface area contributed by atoms with Crippen molar-refractivity contribution in [2.45, 2.75) is 25.7 Å². The van der Waals surface area contributed by atoms with Crippen LogP contribution in [0, 0.1) is 5.41 Å². The van der Waals surface area contributed by atoms with Crippen molar-refractivity contribution in [1.82, 2.24) is 0 Å². The minimum Gasteiger partial charge on any atom is -0.284 e. The number of hydrogen-bond donors (Lipinski definition) is 2. The third-order valence-electron chi connectivity index (χ3n) is 2.08. The lowest BCUT2D eigenvalue weighted by molar-refractivity contribution is 0.463. The Morgan fingerprint density at radius 1 is 1.05 bits per heavy atom. The number of nitrogens with two attached hydrogens (primary N) is 1. The average Bonchev–Trinajstić information content (AvgIpc) is 2.11. The molecule has 1 rings (SSSR count). The lowest BCUT2D eigenvalue weighted by atomic mass is 10.0. The second kappa shape index (κ2) is 5.10. The van der Waals surface area contributed by atoms with Crippen LogP contribution >= 0.6 is 0 Å². The van der Waals surface area contributed by atoms with Gasteiger partial charge < -0.3 is 0 Å². The lowest BCUT2D eigenvalue weighted by Gasteiger charge is -2.18. The summed E-state index contributed by atoms with van der Waals surface area (Å²) in [5.41, 5.74) is -0.0662. The molecule has 0 aliphatic heterocycles. The standard InChI is InChI=1S/C11H18N2O4S2/c1-11(2,3)8-18(14,15)13-9-4-6-10(7-5-9)19(12,16)17/h4-7,13H,8H2,1-3H3,(H2,12,16,17). The van der Waals surface area contributed by atoms with Crippen LogP contribution in [0.1, 0.15) is 20.8 Å². The first-order valence-corrected chi connectivity index (χ1v) is 8.72. The SMILES string of the molecule is CC(C)(C)CS(=O)(=O)Nc1ccc(S(N)(=O)=O)cc1. The topological polar surface area (TPSA) is 106 Å². The van der Waals surface area contributed by atoms with Crippen LogP contribution < -0.4 is 9.86 Å². The van der Waals surface area contributed by atoms with Gasteiger partial charge in [-0.1, -0.05) is 20.8 Å². The van der Waals surface area contributed by atoms with Crippen molar-refractivity contribution in [2.75, 3.05) is 10.5 Å². The normalized spacial score (nSPS) is 13.3. The molecule has 19 heavy (non-hydrogen) atoms. The van der Waals surface area contributed by atoms with Gasteiger partial charge in [-0.2, -0.15) is 0 Å². The molecule has 0 atom stereocenters. The van der Waals surface area contributed by atoms with Crippen LogP contribution in [0.2, 0.25) is 0 Å². The van der Waals surface area contributed by atoms with Crippen molar-refractivity contribution in [3.63, 3.8) is 0 Å². The van der Waals surface area contributed by atoms with Gasteiger partial charge in [0.05, 0.1) is 10.6 Å². The first-order valence-electron chi connectivity index (χ1n) is 5.52. The molecule has 1 aromatic rings. The molecule has 0 saturated heterocycles. The van der Waals surface area contributed by atoms with Gasteiger partial charge in [0.1, 0.15) is 0 Å². The second-order valence-electron chi connectivity index (χ2n) is 5.49. The highest BCUT2D eigenvalue weighted by molar-refractivity contribution is 7.92. The molecule has 0 spiro atoms. The van der Waals surface area contributed by atoms with E-state index in [1.807, 2.05) is 20.8 Å². The summed E-state index contributed by atoms with van der Waals surface area (Å²) in [6.45, 7) is 5.45. The van der Waals surface area contributed by atoms with Crippen molar-refractivity contribution in [2.24, 2.45) is 10.6 Å². The Labute approximate surface area is 114 Å². The molecule has 0 saturated carbocycles. The molecule has 6 nitrogen and oxygen atoms in total. The smallest absolute Gasteiger partial charge is 0.238 e. The largest absolute Gasteiger partial charge is 0.284 e. The maximum Gasteiger partial charge on any atom is 0.238 e. The average molecular weight is 306 g/mol. The molecule has 8 heteroatoms. The van der Waals surface area contributed by atoms with Crippen molar-refractivity contribution < 1.29 is 16.8 Å². The van der Waals surface area contributed by atoms with Gasteiger partial charge in [0.2, 0.25) is 20.0 Å². The van der Waals surface area contributed by atoms with E-state index in [9.17, 15) is 16.8 Å². The van der Waals surface area contributed by atoms with E-state index in [1.54, 1.807) is 0 Å². The number of anilines is 1. The summed E-state index contributed by atoms with van der Waals surface area (Å²) in [6.07, 6.45) is 0. The predicted molar refractivity (Wildman–Crippen MR) is 74.7 cm³/mol. The Balaban J connectivity index is 2.90. The Kier molecular flexibility index (Phi) is 4.28. The van der Waals surface area contributed by atoms with Crippen LogP contribution in [0.5, 0.6) is 0 Å². The Hall–Kier alpha value is -1.12. The fourth-order valence-corrected chi connectivity index (χ4v) is 3.72. The summed E-state index contributed by atoms with van der Waals surface area (Å²) in [4.78, 5) is -0.0636. The highest BCUT2D eigenvalue weighted by Crippen LogP contribution is 2.19. The molecule has 0 radical (unpaired) electrons. The first kappa shape index (κ1) is 15.9. The molecule has 0 aliphatic carbocycles. The molecular weight excluding hydrogens is 288 g/mol. The second-order valence-corrected chi connectivity index (χ2v) is 8.77. The maximum absolute atomic E-state index is 11.8. The minimum atomic E-state index is -3.77. The minimum absolute atomic E-state index is 0.0308. The van der Waals surface area contributed by atoms with Gasteiger partial charge >= 0.3 is 0 Å². The van der Waals surface area contributed by atoms with Crippen LogP contribution in [0.3, 0.4) is 0 Å². The zero-order valence-electron chi connectivity index (χ0n) is 11.0. The molecule has 0 aromatic heterocycles. The van der Waals surface area contributed by atoms with E-state index >= 15 is 0 Å². The zero-order chi connectivity index (χ0) is 14.9. The van der Waals surface area contributed by atoms with E-state index in [1.165, 1.54) is 24.3 Å². The van der Waals surface area contributed by atoms with Crippen molar-refractivity contribution in [1.29, 1.82) is 0 Å². The highest BCUT2D eigenvalue weighted by atomic mass is 32.2. The van der Waals surface area contributed by atoms with E-state index in [4.69, 9.17) is 5.14 Å². The number of hydrogen-bond acceptors (Lipinski definition) is 4. The number of nitrogens with one attached hydrogen (secondary N) is 1. The number of sulfonamides is 2. The Morgan fingerprint density at radius 3 is 1.89 bits per heavy atom. The molecule has 108 valence electrons. The molecule has 1 aromatic carbocycles. The molecule has 0 bridgehead atoms. The molecule has 0 unspecified atom stereocenters. The van der Waals surface area contributed by atoms with E-state index in [2.05, 4.69) is 4.72 Å². The van der Waals surface area contributed by atoms with Crippen LogP contribution in [0.4, 0.5) is 5.69 Å². The van der Waals surface area contributed by atoms with Gasteiger partial charge in [-0.05, 0) is 29.7 Å². The molecule has 0 aliphatic rings. The van der Waals surface area contributed by atoms with Gasteiger partial charge in [0, 0.05) is 5.69 Å². The highest BCUT2D eigenvalue weighted by Gasteiger charge is 2.21. The summed E-state index contributed by atoms with van der Waals surface area (Å²) in [6, 6.07) is 5.23. The van der Waals surface area contributed by atoms with Crippen molar-refractivity contribution in [3.05, 3.63) is 24.3 Å². The summed E-state index contributed by atoms with van der Waals surface area (Å²) in [5, 5.41) is 4.95. The molecule has 0 heterocycles. The van der Waals surface area contributed by atoms with Gasteiger partial charge in [0.25, 0.3) is 0 Å². The predicted octanol–water partition coefficient (Wildman–Crippen LogP) is 1.12. The van der Waals surface area contributed by atoms with Crippen LogP contribution in [0.25, 0.3) is 0 Å². The van der Waals surface area contributed by atoms with E-state index in [-0.39, 0.29) is 16.1 Å². The molecule has 3 N–H and O–H groups in total. The number of benzene rings is 1. The Bertz CT molecular complexity index is 641. The summed E-state index contributed by atoms with van der Waals surface area (Å²) in [7, 11) is -7.24. The van der Waals surface area contributed by atoms with Gasteiger partial charge in [-0.25, -0.2) is 22.0 Å². The van der Waals surface area contributed by atoms with E-state index in [0.29, 0.717) is 5.69 Å². The Morgan fingerprint density at radius 2 is 1.53 bits per heavy atom. The fraction of sp³-hybridized carbons (Fsp3) is 0.455. The summed E-state index contributed by atoms with van der Waals surface area (Å²) >= 11 is 0. The van der Waals surface area contributed by atoms with E-state index < -0.39 is 20.0 Å². The lowest BCUT2D eigenvalue weighted by Crippen LogP contribution is -2.26. The third-order valence-corrected chi connectivity index (χ3v) is 4.80. The van der Waals surface area contributed by atoms with Gasteiger partial charge in [-0.15, -0.1) is 0 Å². The number of rotatable bonds is 4. The maximum atomic E-state index is 11.8. The summed E-state index contributed by atoms with van der Waals surface area (Å²) in [5.74, 6) is -0.0308. The fourth-order valence-electron chi connectivity index (χ4n) is 1.50. The van der Waals surface area contributed by atoms with Crippen LogP contribution in [-0.2, 0) is 20.0 Å². The summed E-state index contributed by atoms with van der Waals surface area (Å²) < 4.78 is 48.2. The van der Waals surface area contributed by atoms with Gasteiger partial charge in [0.15, 0.2) is 0 Å². The molecule has 0 fully saturated rings. The quantitative estimate of drug-likeness (QED) is 0.869. The molecular formula is C11H18N2O4S2. The zero-order valence-corrected chi connectivity index (χ0v) is 12.7. The van der Waals surface area contributed by atoms with Crippen molar-refractivity contribution >= 4 is 25.7 Å².